The summed E-state index contributed by atoms with van der Waals surface area (Å²) in [5.41, 5.74) is 5.55. The van der Waals surface area contributed by atoms with E-state index in [2.05, 4.69) is 18.5 Å². The van der Waals surface area contributed by atoms with Crippen molar-refractivity contribution >= 4 is 5.91 Å². The van der Waals surface area contributed by atoms with Crippen molar-refractivity contribution in [3.8, 4) is 0 Å². The summed E-state index contributed by atoms with van der Waals surface area (Å²) in [4.78, 5) is 12.2. The van der Waals surface area contributed by atoms with Gasteiger partial charge in [-0.2, -0.15) is 0 Å². The lowest BCUT2D eigenvalue weighted by molar-refractivity contribution is -0.116. The van der Waals surface area contributed by atoms with Crippen LogP contribution in [0.3, 0.4) is 0 Å². The van der Waals surface area contributed by atoms with E-state index in [1.54, 1.807) is 13.2 Å². The molecule has 1 rings (SSSR count). The van der Waals surface area contributed by atoms with Gasteiger partial charge in [0.2, 0.25) is 0 Å². The Morgan fingerprint density at radius 2 is 1.88 bits per heavy atom. The zero-order valence-electron chi connectivity index (χ0n) is 15.7. The highest BCUT2D eigenvalue weighted by molar-refractivity contribution is 6.03. The first-order valence-electron chi connectivity index (χ1n) is 8.21. The molecule has 0 aliphatic carbocycles. The van der Waals surface area contributed by atoms with Crippen LogP contribution in [0.1, 0.15) is 41.0 Å². The summed E-state index contributed by atoms with van der Waals surface area (Å²) in [6.45, 7) is 18.0. The minimum atomic E-state index is -0.0422. The third-order valence-electron chi connectivity index (χ3n) is 4.18. The molecule has 1 fully saturated rings. The summed E-state index contributed by atoms with van der Waals surface area (Å²) in [6.07, 6.45) is 6.61. The molecule has 1 amide bonds. The molecule has 0 aromatic rings. The van der Waals surface area contributed by atoms with E-state index in [-0.39, 0.29) is 11.9 Å². The van der Waals surface area contributed by atoms with Crippen molar-refractivity contribution in [1.29, 1.82) is 0 Å². The largest absolute Gasteiger partial charge is 0.497 e. The maximum absolute atomic E-state index is 12.2. The van der Waals surface area contributed by atoms with Gasteiger partial charge < -0.3 is 10.1 Å². The van der Waals surface area contributed by atoms with Crippen LogP contribution in [0, 0.1) is 0 Å². The Hall–Kier alpha value is -2.29. The topological polar surface area (TPSA) is 38.3 Å². The molecule has 1 aliphatic heterocycles. The van der Waals surface area contributed by atoms with Gasteiger partial charge >= 0.3 is 0 Å². The van der Waals surface area contributed by atoms with Crippen molar-refractivity contribution in [3.63, 3.8) is 0 Å². The van der Waals surface area contributed by atoms with Crippen LogP contribution in [0.2, 0.25) is 0 Å². The van der Waals surface area contributed by atoms with Crippen LogP contribution in [0.5, 0.6) is 0 Å². The molecule has 130 valence electrons. The SMILES string of the molecule is C=CC(=C\C(OC)=C(C)C)/C(C)=C/C(C)=C1\C(=C)C(CC)NC1=O. The molecular formula is C21H29NO2. The van der Waals surface area contributed by atoms with E-state index in [1.165, 1.54) is 0 Å². The minimum Gasteiger partial charge on any atom is -0.497 e. The standard InChI is InChI=1S/C21H29NO2/c1-9-17(12-19(24-8)13(3)4)14(5)11-15(6)20-16(7)18(10-2)22-21(20)23/h9,11-12,18H,1,7,10H2,2-6,8H3,(H,22,23)/b14-11+,17-12+,20-15+. The van der Waals surface area contributed by atoms with Crippen LogP contribution in [0.4, 0.5) is 0 Å². The number of hydrogen-bond acceptors (Lipinski definition) is 2. The zero-order valence-corrected chi connectivity index (χ0v) is 15.7. The molecule has 1 heterocycles. The summed E-state index contributed by atoms with van der Waals surface area (Å²) in [5, 5.41) is 2.97. The molecular weight excluding hydrogens is 298 g/mol. The summed E-state index contributed by atoms with van der Waals surface area (Å²) in [5.74, 6) is 0.774. The Balaban J connectivity index is 3.28. The highest BCUT2D eigenvalue weighted by Gasteiger charge is 2.30. The second-order valence-electron chi connectivity index (χ2n) is 6.22. The third kappa shape index (κ3) is 4.38. The Labute approximate surface area is 146 Å². The van der Waals surface area contributed by atoms with E-state index in [0.717, 1.165) is 40.0 Å². The Bertz CT molecular complexity index is 668. The molecule has 0 bridgehead atoms. The van der Waals surface area contributed by atoms with Gasteiger partial charge in [-0.05, 0) is 68.1 Å². The molecule has 0 radical (unpaired) electrons. The minimum absolute atomic E-state index is 0.0383. The van der Waals surface area contributed by atoms with Gasteiger partial charge in [0.15, 0.2) is 0 Å². The molecule has 0 spiro atoms. The predicted octanol–water partition coefficient (Wildman–Crippen LogP) is 4.77. The van der Waals surface area contributed by atoms with Gasteiger partial charge in [0.05, 0.1) is 13.2 Å². The first-order chi connectivity index (χ1) is 11.3. The molecule has 1 saturated heterocycles. The number of nitrogens with one attached hydrogen (secondary N) is 1. The fourth-order valence-electron chi connectivity index (χ4n) is 2.78. The molecule has 0 aromatic carbocycles. The Morgan fingerprint density at radius 3 is 2.29 bits per heavy atom. The van der Waals surface area contributed by atoms with Crippen LogP contribution in [0.15, 0.2) is 70.6 Å². The van der Waals surface area contributed by atoms with E-state index in [0.29, 0.717) is 5.57 Å². The van der Waals surface area contributed by atoms with Crippen LogP contribution < -0.4 is 5.32 Å². The average molecular weight is 327 g/mol. The second kappa shape index (κ2) is 8.53. The van der Waals surface area contributed by atoms with Crippen molar-refractivity contribution in [3.05, 3.63) is 70.6 Å². The molecule has 24 heavy (non-hydrogen) atoms. The van der Waals surface area contributed by atoms with Gasteiger partial charge in [-0.15, -0.1) is 0 Å². The van der Waals surface area contributed by atoms with E-state index in [1.807, 2.05) is 46.8 Å². The van der Waals surface area contributed by atoms with Crippen LogP contribution in [0.25, 0.3) is 0 Å². The number of methoxy groups -OCH3 is 1. The van der Waals surface area contributed by atoms with Gasteiger partial charge in [0.1, 0.15) is 5.76 Å². The highest BCUT2D eigenvalue weighted by atomic mass is 16.5. The molecule has 1 N–H and O–H groups in total. The monoisotopic (exact) mass is 327 g/mol. The zero-order chi connectivity index (χ0) is 18.4. The van der Waals surface area contributed by atoms with Gasteiger partial charge in [0, 0.05) is 5.57 Å². The van der Waals surface area contributed by atoms with E-state index in [4.69, 9.17) is 4.74 Å². The predicted molar refractivity (Wildman–Crippen MR) is 101 cm³/mol. The molecule has 0 aromatic heterocycles. The first kappa shape index (κ1) is 19.8. The maximum Gasteiger partial charge on any atom is 0.252 e. The first-order valence-corrected chi connectivity index (χ1v) is 8.21. The Morgan fingerprint density at radius 1 is 1.25 bits per heavy atom. The second-order valence-corrected chi connectivity index (χ2v) is 6.22. The lowest BCUT2D eigenvalue weighted by Crippen LogP contribution is -2.24. The lowest BCUT2D eigenvalue weighted by Gasteiger charge is -2.09. The van der Waals surface area contributed by atoms with Crippen LogP contribution in [-0.4, -0.2) is 19.1 Å². The van der Waals surface area contributed by atoms with Gasteiger partial charge in [0.25, 0.3) is 5.91 Å². The van der Waals surface area contributed by atoms with Crippen LogP contribution >= 0.6 is 0 Å². The van der Waals surface area contributed by atoms with E-state index >= 15 is 0 Å². The van der Waals surface area contributed by atoms with Gasteiger partial charge in [-0.25, -0.2) is 0 Å². The molecule has 1 unspecified atom stereocenters. The fraction of sp³-hybridized carbons (Fsp3) is 0.381. The number of allylic oxidation sites excluding steroid dienone is 7. The quantitative estimate of drug-likeness (QED) is 0.434. The van der Waals surface area contributed by atoms with Crippen LogP contribution in [-0.2, 0) is 9.53 Å². The molecule has 1 atom stereocenters. The average Bonchev–Trinajstić information content (AvgIpc) is 2.81. The number of hydrogen-bond donors (Lipinski definition) is 1. The molecule has 3 heteroatoms. The van der Waals surface area contributed by atoms with Gasteiger partial charge in [-0.3, -0.25) is 4.79 Å². The maximum atomic E-state index is 12.2. The summed E-state index contributed by atoms with van der Waals surface area (Å²) < 4.78 is 5.40. The van der Waals surface area contributed by atoms with Crippen molar-refractivity contribution in [1.82, 2.24) is 5.32 Å². The number of ether oxygens (including phenoxy) is 1. The van der Waals surface area contributed by atoms with E-state index in [9.17, 15) is 4.79 Å². The molecule has 1 aliphatic rings. The number of carbonyl (C=O) groups is 1. The van der Waals surface area contributed by atoms with E-state index < -0.39 is 0 Å². The molecule has 0 saturated carbocycles. The van der Waals surface area contributed by atoms with Crippen molar-refractivity contribution < 1.29 is 9.53 Å². The normalized spacial score (nSPS) is 20.7. The number of rotatable bonds is 6. The number of carbonyl (C=O) groups excluding carboxylic acids is 1. The van der Waals surface area contributed by atoms with Gasteiger partial charge in [-0.1, -0.05) is 32.2 Å². The molecule has 3 nitrogen and oxygen atoms in total. The van der Waals surface area contributed by atoms with Crippen molar-refractivity contribution in [2.24, 2.45) is 0 Å². The lowest BCUT2D eigenvalue weighted by atomic mass is 9.96. The highest BCUT2D eigenvalue weighted by Crippen LogP contribution is 2.27. The summed E-state index contributed by atoms with van der Waals surface area (Å²) in [7, 11) is 1.66. The number of amides is 1. The summed E-state index contributed by atoms with van der Waals surface area (Å²) in [6, 6.07) is 0.0383. The third-order valence-corrected chi connectivity index (χ3v) is 4.18. The van der Waals surface area contributed by atoms with Crippen molar-refractivity contribution in [2.45, 2.75) is 47.1 Å². The summed E-state index contributed by atoms with van der Waals surface area (Å²) >= 11 is 0. The Kier molecular flexibility index (Phi) is 7.02. The fourth-order valence-corrected chi connectivity index (χ4v) is 2.78. The van der Waals surface area contributed by atoms with Crippen molar-refractivity contribution in [2.75, 3.05) is 7.11 Å². The smallest absolute Gasteiger partial charge is 0.252 e.